The van der Waals surface area contributed by atoms with Crippen molar-refractivity contribution in [3.63, 3.8) is 0 Å². The van der Waals surface area contributed by atoms with Crippen molar-refractivity contribution in [2.75, 3.05) is 6.54 Å². The monoisotopic (exact) mass is 485 g/mol. The van der Waals surface area contributed by atoms with Crippen molar-refractivity contribution in [1.29, 1.82) is 0 Å². The summed E-state index contributed by atoms with van der Waals surface area (Å²) in [5, 5.41) is 0. The Morgan fingerprint density at radius 2 is 1.62 bits per heavy atom. The molecule has 0 aliphatic rings. The van der Waals surface area contributed by atoms with Gasteiger partial charge in [-0.05, 0) is 82.0 Å². The molecule has 0 aliphatic carbocycles. The van der Waals surface area contributed by atoms with Crippen LogP contribution in [0.2, 0.25) is 0 Å². The van der Waals surface area contributed by atoms with Crippen LogP contribution in [0.1, 0.15) is 51.8 Å². The van der Waals surface area contributed by atoms with Crippen LogP contribution in [0.3, 0.4) is 0 Å². The highest BCUT2D eigenvalue weighted by molar-refractivity contribution is 7.89. The molecule has 0 spiro atoms. The second-order valence-electron chi connectivity index (χ2n) is 8.35. The Bertz CT molecular complexity index is 1350. The molecule has 9 nitrogen and oxygen atoms in total. The molecule has 3 rings (SSSR count). The lowest BCUT2D eigenvalue weighted by Gasteiger charge is -2.16. The summed E-state index contributed by atoms with van der Waals surface area (Å²) in [6.07, 6.45) is -0.137. The van der Waals surface area contributed by atoms with E-state index in [1.165, 1.54) is 0 Å². The summed E-state index contributed by atoms with van der Waals surface area (Å²) >= 11 is 0. The Morgan fingerprint density at radius 1 is 0.971 bits per heavy atom. The molecule has 0 radical (unpaired) electrons. The topological polar surface area (TPSA) is 122 Å². The average Bonchev–Trinajstić information content (AvgIpc) is 3.09. The molecule has 182 valence electrons. The molecule has 1 heterocycles. The minimum atomic E-state index is -3.79. The molecule has 0 saturated carbocycles. The molecule has 0 atom stereocenters. The van der Waals surface area contributed by atoms with Gasteiger partial charge in [-0.2, -0.15) is 0 Å². The number of amides is 2. The standard InChI is InChI=1S/C24H31N5O4S/c1-7-29-18(6)26-20-13-19(8-9-21(20)29)24(31)28-27-22(30)10-11-25-34(32,33)23-16(4)14(2)12-15(3)17(23)5/h8-9,12-13,25H,7,10-11H2,1-6H3,(H,27,30)(H,28,31). The summed E-state index contributed by atoms with van der Waals surface area (Å²) in [4.78, 5) is 29.3. The Kier molecular flexibility index (Phi) is 7.42. The van der Waals surface area contributed by atoms with Crippen LogP contribution in [0.25, 0.3) is 11.0 Å². The third kappa shape index (κ3) is 5.13. The van der Waals surface area contributed by atoms with Gasteiger partial charge in [0.1, 0.15) is 5.82 Å². The van der Waals surface area contributed by atoms with Crippen molar-refractivity contribution < 1.29 is 18.0 Å². The van der Waals surface area contributed by atoms with E-state index in [2.05, 4.69) is 20.6 Å². The highest BCUT2D eigenvalue weighted by Gasteiger charge is 2.22. The third-order valence-electron chi connectivity index (χ3n) is 6.04. The lowest BCUT2D eigenvalue weighted by atomic mass is 10.0. The lowest BCUT2D eigenvalue weighted by Crippen LogP contribution is -2.42. The minimum absolute atomic E-state index is 0.102. The zero-order valence-electron chi connectivity index (χ0n) is 20.4. The van der Waals surface area contributed by atoms with E-state index in [1.54, 1.807) is 26.0 Å². The summed E-state index contributed by atoms with van der Waals surface area (Å²) in [6, 6.07) is 7.10. The molecule has 0 aliphatic heterocycles. The maximum absolute atomic E-state index is 12.8. The number of hydrazine groups is 1. The molecular formula is C24H31N5O4S. The van der Waals surface area contributed by atoms with Crippen LogP contribution < -0.4 is 15.6 Å². The first-order chi connectivity index (χ1) is 16.0. The van der Waals surface area contributed by atoms with Gasteiger partial charge < -0.3 is 4.57 Å². The van der Waals surface area contributed by atoms with Crippen LogP contribution in [-0.2, 0) is 21.4 Å². The highest BCUT2D eigenvalue weighted by atomic mass is 32.2. The fraction of sp³-hybridized carbons (Fsp3) is 0.375. The van der Waals surface area contributed by atoms with E-state index in [-0.39, 0.29) is 17.9 Å². The number of aryl methyl sites for hydroxylation is 4. The van der Waals surface area contributed by atoms with Crippen LogP contribution in [0.5, 0.6) is 0 Å². The number of hydrogen-bond acceptors (Lipinski definition) is 5. The maximum Gasteiger partial charge on any atom is 0.269 e. The molecule has 3 aromatic rings. The molecule has 0 bridgehead atoms. The van der Waals surface area contributed by atoms with Gasteiger partial charge in [-0.1, -0.05) is 6.07 Å². The zero-order valence-corrected chi connectivity index (χ0v) is 21.2. The second-order valence-corrected chi connectivity index (χ2v) is 10.1. The second kappa shape index (κ2) is 9.94. The van der Waals surface area contributed by atoms with E-state index in [0.717, 1.165) is 29.0 Å². The molecule has 2 aromatic carbocycles. The van der Waals surface area contributed by atoms with Gasteiger partial charge >= 0.3 is 0 Å². The van der Waals surface area contributed by atoms with Gasteiger partial charge in [0.15, 0.2) is 0 Å². The van der Waals surface area contributed by atoms with Gasteiger partial charge in [-0.25, -0.2) is 18.1 Å². The summed E-state index contributed by atoms with van der Waals surface area (Å²) in [7, 11) is -3.79. The normalized spacial score (nSPS) is 11.6. The van der Waals surface area contributed by atoms with Crippen molar-refractivity contribution in [3.8, 4) is 0 Å². The summed E-state index contributed by atoms with van der Waals surface area (Å²) in [5.74, 6) is -0.143. The van der Waals surface area contributed by atoms with Crippen LogP contribution in [0.4, 0.5) is 0 Å². The quantitative estimate of drug-likeness (QED) is 0.444. The van der Waals surface area contributed by atoms with E-state index >= 15 is 0 Å². The minimum Gasteiger partial charge on any atom is -0.329 e. The number of fused-ring (bicyclic) bond motifs is 1. The van der Waals surface area contributed by atoms with E-state index < -0.39 is 21.8 Å². The van der Waals surface area contributed by atoms with Gasteiger partial charge in [0.25, 0.3) is 5.91 Å². The van der Waals surface area contributed by atoms with Crippen molar-refractivity contribution in [2.45, 2.75) is 59.4 Å². The fourth-order valence-corrected chi connectivity index (χ4v) is 5.65. The van der Waals surface area contributed by atoms with E-state index in [1.807, 2.05) is 44.4 Å². The zero-order chi connectivity index (χ0) is 25.2. The van der Waals surface area contributed by atoms with Gasteiger partial charge in [0.05, 0.1) is 15.9 Å². The molecule has 3 N–H and O–H groups in total. The predicted molar refractivity (Wildman–Crippen MR) is 131 cm³/mol. The number of nitrogens with zero attached hydrogens (tertiary/aromatic N) is 2. The van der Waals surface area contributed by atoms with Crippen molar-refractivity contribution >= 4 is 32.9 Å². The number of rotatable bonds is 7. The Labute approximate surface area is 200 Å². The van der Waals surface area contributed by atoms with Crippen molar-refractivity contribution in [3.05, 3.63) is 57.9 Å². The van der Waals surface area contributed by atoms with Crippen LogP contribution in [-0.4, -0.2) is 36.3 Å². The SMILES string of the molecule is CCn1c(C)nc2cc(C(=O)NNC(=O)CCNS(=O)(=O)c3c(C)c(C)cc(C)c3C)ccc21. The van der Waals surface area contributed by atoms with E-state index in [4.69, 9.17) is 0 Å². The Morgan fingerprint density at radius 3 is 2.24 bits per heavy atom. The number of hydrogen-bond donors (Lipinski definition) is 3. The Hall–Kier alpha value is -3.24. The number of nitrogens with one attached hydrogen (secondary N) is 3. The van der Waals surface area contributed by atoms with E-state index in [9.17, 15) is 18.0 Å². The first kappa shape index (κ1) is 25.4. The average molecular weight is 486 g/mol. The maximum atomic E-state index is 12.8. The molecule has 1 aromatic heterocycles. The smallest absolute Gasteiger partial charge is 0.269 e. The summed E-state index contributed by atoms with van der Waals surface area (Å²) < 4.78 is 30.2. The van der Waals surface area contributed by atoms with Crippen LogP contribution in [0, 0.1) is 34.6 Å². The molecule has 0 fully saturated rings. The molecule has 0 saturated heterocycles. The first-order valence-electron chi connectivity index (χ1n) is 11.1. The predicted octanol–water partition coefficient (Wildman–Crippen LogP) is 2.73. The summed E-state index contributed by atoms with van der Waals surface area (Å²) in [6.45, 7) is 11.9. The lowest BCUT2D eigenvalue weighted by molar-refractivity contribution is -0.121. The highest BCUT2D eigenvalue weighted by Crippen LogP contribution is 2.25. The molecule has 34 heavy (non-hydrogen) atoms. The fourth-order valence-electron chi connectivity index (χ4n) is 4.01. The number of aromatic nitrogens is 2. The number of carbonyl (C=O) groups excluding carboxylic acids is 2. The molecular weight excluding hydrogens is 454 g/mol. The van der Waals surface area contributed by atoms with Crippen LogP contribution >= 0.6 is 0 Å². The van der Waals surface area contributed by atoms with Crippen molar-refractivity contribution in [1.82, 2.24) is 25.1 Å². The third-order valence-corrected chi connectivity index (χ3v) is 7.78. The Balaban J connectivity index is 1.57. The molecule has 2 amide bonds. The number of benzene rings is 2. The molecule has 0 unspecified atom stereocenters. The van der Waals surface area contributed by atoms with Gasteiger partial charge in [0, 0.05) is 25.1 Å². The summed E-state index contributed by atoms with van der Waals surface area (Å²) in [5.41, 5.74) is 9.82. The number of carbonyl (C=O) groups is 2. The number of imidazole rings is 1. The van der Waals surface area contributed by atoms with Gasteiger partial charge in [-0.15, -0.1) is 0 Å². The first-order valence-corrected chi connectivity index (χ1v) is 12.6. The van der Waals surface area contributed by atoms with E-state index in [0.29, 0.717) is 22.2 Å². The largest absolute Gasteiger partial charge is 0.329 e. The van der Waals surface area contributed by atoms with Crippen molar-refractivity contribution in [2.24, 2.45) is 0 Å². The van der Waals surface area contributed by atoms with Gasteiger partial charge in [0.2, 0.25) is 15.9 Å². The van der Waals surface area contributed by atoms with Crippen LogP contribution in [0.15, 0.2) is 29.2 Å². The molecule has 10 heteroatoms. The number of sulfonamides is 1. The van der Waals surface area contributed by atoms with Gasteiger partial charge in [-0.3, -0.25) is 20.4 Å².